The highest BCUT2D eigenvalue weighted by Crippen LogP contribution is 2.31. The maximum absolute atomic E-state index is 10.1. The van der Waals surface area contributed by atoms with E-state index in [-0.39, 0.29) is 23.0 Å². The number of rotatable bonds is 3. The first-order valence-corrected chi connectivity index (χ1v) is 7.35. The fourth-order valence-corrected chi connectivity index (χ4v) is 2.44. The van der Waals surface area contributed by atoms with Gasteiger partial charge in [0, 0.05) is 11.6 Å². The number of phenolic OH excluding ortho intramolecular Hbond substituents is 4. The van der Waals surface area contributed by atoms with Crippen molar-refractivity contribution in [2.24, 2.45) is 0 Å². The van der Waals surface area contributed by atoms with E-state index in [0.29, 0.717) is 11.1 Å². The van der Waals surface area contributed by atoms with E-state index < -0.39 is 0 Å². The van der Waals surface area contributed by atoms with Crippen LogP contribution in [0.5, 0.6) is 23.0 Å². The lowest BCUT2D eigenvalue weighted by Gasteiger charge is -2.06. The summed E-state index contributed by atoms with van der Waals surface area (Å²) in [4.78, 5) is 0. The molecule has 0 atom stereocenters. The average Bonchev–Trinajstić information content (AvgIpc) is 2.54. The van der Waals surface area contributed by atoms with Crippen LogP contribution < -0.4 is 0 Å². The van der Waals surface area contributed by atoms with Gasteiger partial charge >= 0.3 is 0 Å². The summed E-state index contributed by atoms with van der Waals surface area (Å²) in [6.07, 6.45) is 3.57. The van der Waals surface area contributed by atoms with Gasteiger partial charge < -0.3 is 20.4 Å². The molecule has 3 rings (SSSR count). The van der Waals surface area contributed by atoms with Crippen molar-refractivity contribution in [1.82, 2.24) is 0 Å². The van der Waals surface area contributed by atoms with Crippen LogP contribution in [0.2, 0.25) is 0 Å². The molecule has 4 heteroatoms. The third kappa shape index (κ3) is 3.50. The third-order valence-electron chi connectivity index (χ3n) is 3.59. The molecular formula is C20H16O4. The number of hydrogen-bond donors (Lipinski definition) is 4. The fraction of sp³-hybridized carbons (Fsp3) is 0. The van der Waals surface area contributed by atoms with Gasteiger partial charge in [-0.2, -0.15) is 0 Å². The quantitative estimate of drug-likeness (QED) is 0.541. The Labute approximate surface area is 139 Å². The van der Waals surface area contributed by atoms with E-state index in [9.17, 15) is 20.4 Å². The molecule has 0 aliphatic heterocycles. The van der Waals surface area contributed by atoms with Crippen molar-refractivity contribution in [3.8, 4) is 34.1 Å². The van der Waals surface area contributed by atoms with E-state index in [1.807, 2.05) is 12.1 Å². The molecule has 4 N–H and O–H groups in total. The maximum atomic E-state index is 10.1. The van der Waals surface area contributed by atoms with Gasteiger partial charge in [-0.15, -0.1) is 0 Å². The second kappa shape index (κ2) is 6.38. The van der Waals surface area contributed by atoms with Crippen molar-refractivity contribution >= 4 is 12.2 Å². The standard InChI is InChI=1S/C20H16O4/c21-16-6-4-15(5-7-16)19-11-13(3-8-20(19)24)1-2-14-9-17(22)12-18(23)10-14/h1-12,21-24H/b2-1+. The van der Waals surface area contributed by atoms with Crippen molar-refractivity contribution in [2.75, 3.05) is 0 Å². The molecular weight excluding hydrogens is 304 g/mol. The van der Waals surface area contributed by atoms with Crippen LogP contribution in [0.15, 0.2) is 60.7 Å². The molecule has 0 aliphatic rings. The van der Waals surface area contributed by atoms with Crippen molar-refractivity contribution < 1.29 is 20.4 Å². The summed E-state index contributed by atoms with van der Waals surface area (Å²) >= 11 is 0. The van der Waals surface area contributed by atoms with E-state index in [2.05, 4.69) is 0 Å². The van der Waals surface area contributed by atoms with E-state index >= 15 is 0 Å². The second-order valence-electron chi connectivity index (χ2n) is 5.44. The van der Waals surface area contributed by atoms with Crippen LogP contribution in [0, 0.1) is 0 Å². The van der Waals surface area contributed by atoms with Gasteiger partial charge in [-0.3, -0.25) is 0 Å². The van der Waals surface area contributed by atoms with Crippen molar-refractivity contribution in [1.29, 1.82) is 0 Å². The zero-order valence-electron chi connectivity index (χ0n) is 12.7. The summed E-state index contributed by atoms with van der Waals surface area (Å²) in [5, 5.41) is 38.4. The Morgan fingerprint density at radius 3 is 1.83 bits per heavy atom. The Kier molecular flexibility index (Phi) is 4.12. The van der Waals surface area contributed by atoms with Gasteiger partial charge in [0.05, 0.1) is 0 Å². The first-order chi connectivity index (χ1) is 11.5. The Balaban J connectivity index is 1.93. The van der Waals surface area contributed by atoms with Gasteiger partial charge in [-0.1, -0.05) is 30.4 Å². The second-order valence-corrected chi connectivity index (χ2v) is 5.44. The lowest BCUT2D eigenvalue weighted by atomic mass is 10.0. The van der Waals surface area contributed by atoms with Gasteiger partial charge in [0.2, 0.25) is 0 Å². The molecule has 0 unspecified atom stereocenters. The normalized spacial score (nSPS) is 11.0. The summed E-state index contributed by atoms with van der Waals surface area (Å²) in [5.41, 5.74) is 2.94. The SMILES string of the molecule is Oc1ccc(-c2cc(/C=C/c3cc(O)cc(O)c3)ccc2O)cc1. The minimum absolute atomic E-state index is 0.00913. The molecule has 0 bridgehead atoms. The Morgan fingerprint density at radius 1 is 0.542 bits per heavy atom. The van der Waals surface area contributed by atoms with Crippen molar-refractivity contribution in [2.45, 2.75) is 0 Å². The predicted molar refractivity (Wildman–Crippen MR) is 93.9 cm³/mol. The van der Waals surface area contributed by atoms with E-state index in [0.717, 1.165) is 11.1 Å². The van der Waals surface area contributed by atoms with Gasteiger partial charge in [-0.05, 0) is 53.1 Å². The van der Waals surface area contributed by atoms with Crippen LogP contribution in [0.25, 0.3) is 23.3 Å². The molecule has 0 fully saturated rings. The van der Waals surface area contributed by atoms with Gasteiger partial charge in [-0.25, -0.2) is 0 Å². The van der Waals surface area contributed by atoms with Gasteiger partial charge in [0.25, 0.3) is 0 Å². The van der Waals surface area contributed by atoms with E-state index in [4.69, 9.17) is 0 Å². The summed E-state index contributed by atoms with van der Waals surface area (Å²) in [5.74, 6) is 0.293. The molecule has 0 radical (unpaired) electrons. The molecule has 3 aromatic rings. The maximum Gasteiger partial charge on any atom is 0.123 e. The van der Waals surface area contributed by atoms with Crippen LogP contribution in [-0.4, -0.2) is 20.4 Å². The smallest absolute Gasteiger partial charge is 0.123 e. The molecule has 3 aromatic carbocycles. The predicted octanol–water partition coefficient (Wildman–Crippen LogP) is 4.35. The number of aromatic hydroxyl groups is 4. The Hall–Kier alpha value is -3.40. The lowest BCUT2D eigenvalue weighted by molar-refractivity contribution is 0.450. The number of hydrogen-bond acceptors (Lipinski definition) is 4. The number of benzene rings is 3. The van der Waals surface area contributed by atoms with Crippen molar-refractivity contribution in [3.05, 3.63) is 71.8 Å². The molecule has 0 spiro atoms. The Bertz CT molecular complexity index is 876. The summed E-state index contributed by atoms with van der Waals surface area (Å²) in [6.45, 7) is 0. The van der Waals surface area contributed by atoms with Crippen molar-refractivity contribution in [3.63, 3.8) is 0 Å². The topological polar surface area (TPSA) is 80.9 Å². The lowest BCUT2D eigenvalue weighted by Crippen LogP contribution is -1.81. The molecule has 0 saturated carbocycles. The first kappa shape index (κ1) is 15.5. The monoisotopic (exact) mass is 320 g/mol. The van der Waals surface area contributed by atoms with Gasteiger partial charge in [0.1, 0.15) is 23.0 Å². The zero-order valence-corrected chi connectivity index (χ0v) is 12.7. The fourth-order valence-electron chi connectivity index (χ4n) is 2.44. The van der Waals surface area contributed by atoms with Crippen LogP contribution in [0.4, 0.5) is 0 Å². The molecule has 24 heavy (non-hydrogen) atoms. The minimum atomic E-state index is -0.00913. The third-order valence-corrected chi connectivity index (χ3v) is 3.59. The van der Waals surface area contributed by atoms with Crippen LogP contribution in [0.3, 0.4) is 0 Å². The highest BCUT2D eigenvalue weighted by Gasteiger charge is 2.05. The molecule has 4 nitrogen and oxygen atoms in total. The summed E-state index contributed by atoms with van der Waals surface area (Å²) in [7, 11) is 0. The number of phenols is 4. The average molecular weight is 320 g/mol. The highest BCUT2D eigenvalue weighted by molar-refractivity contribution is 5.77. The minimum Gasteiger partial charge on any atom is -0.508 e. The molecule has 0 aliphatic carbocycles. The van der Waals surface area contributed by atoms with E-state index in [1.165, 1.54) is 18.2 Å². The van der Waals surface area contributed by atoms with Crippen LogP contribution in [0.1, 0.15) is 11.1 Å². The highest BCUT2D eigenvalue weighted by atomic mass is 16.3. The Morgan fingerprint density at radius 2 is 1.17 bits per heavy atom. The van der Waals surface area contributed by atoms with E-state index in [1.54, 1.807) is 42.5 Å². The molecule has 0 amide bonds. The molecule has 0 saturated heterocycles. The van der Waals surface area contributed by atoms with Crippen LogP contribution >= 0.6 is 0 Å². The first-order valence-electron chi connectivity index (χ1n) is 7.35. The molecule has 120 valence electrons. The van der Waals surface area contributed by atoms with Crippen LogP contribution in [-0.2, 0) is 0 Å². The van der Waals surface area contributed by atoms with Gasteiger partial charge in [0.15, 0.2) is 0 Å². The molecule has 0 heterocycles. The zero-order chi connectivity index (χ0) is 17.1. The largest absolute Gasteiger partial charge is 0.508 e. The molecule has 0 aromatic heterocycles. The summed E-state index contributed by atoms with van der Waals surface area (Å²) in [6, 6.07) is 16.1. The summed E-state index contributed by atoms with van der Waals surface area (Å²) < 4.78 is 0.